The van der Waals surface area contributed by atoms with Crippen molar-refractivity contribution >= 4 is 11.8 Å². The predicted molar refractivity (Wildman–Crippen MR) is 87.4 cm³/mol. The van der Waals surface area contributed by atoms with Crippen LogP contribution in [0.1, 0.15) is 24.4 Å². The molecular formula is C17H25N3O3. The van der Waals surface area contributed by atoms with Crippen LogP contribution in [0.15, 0.2) is 30.3 Å². The highest BCUT2D eigenvalue weighted by molar-refractivity contribution is 5.83. The highest BCUT2D eigenvalue weighted by Crippen LogP contribution is 2.29. The highest BCUT2D eigenvalue weighted by atomic mass is 16.3. The fraction of sp³-hybridized carbons (Fsp3) is 0.529. The molecule has 6 nitrogen and oxygen atoms in total. The van der Waals surface area contributed by atoms with E-state index in [-0.39, 0.29) is 17.9 Å². The minimum Gasteiger partial charge on any atom is -0.383 e. The molecule has 1 saturated heterocycles. The molecule has 0 spiro atoms. The minimum atomic E-state index is -1.10. The van der Waals surface area contributed by atoms with Crippen molar-refractivity contribution in [1.82, 2.24) is 9.80 Å². The second kappa shape index (κ2) is 7.57. The SMILES string of the molecule is CN(C)C(=O)[C@@H](c1ccccc1)N1CCC([C@H](O)C(N)=O)CC1. The van der Waals surface area contributed by atoms with Gasteiger partial charge in [0.05, 0.1) is 0 Å². The zero-order valence-electron chi connectivity index (χ0n) is 13.7. The van der Waals surface area contributed by atoms with Crippen molar-refractivity contribution in [2.45, 2.75) is 25.0 Å². The Hall–Kier alpha value is -1.92. The van der Waals surface area contributed by atoms with Gasteiger partial charge in [-0.3, -0.25) is 14.5 Å². The molecule has 23 heavy (non-hydrogen) atoms. The van der Waals surface area contributed by atoms with Crippen molar-refractivity contribution in [3.05, 3.63) is 35.9 Å². The molecule has 1 aromatic rings. The van der Waals surface area contributed by atoms with Crippen molar-refractivity contribution in [2.75, 3.05) is 27.2 Å². The third-order valence-corrected chi connectivity index (χ3v) is 4.47. The number of nitrogens with two attached hydrogens (primary N) is 1. The standard InChI is InChI=1S/C17H25N3O3/c1-19(2)17(23)14(12-6-4-3-5-7-12)20-10-8-13(9-11-20)15(21)16(18)22/h3-7,13-15,21H,8-11H2,1-2H3,(H2,18,22)/t14-,15+/m1/s1. The van der Waals surface area contributed by atoms with Gasteiger partial charge in [-0.15, -0.1) is 0 Å². The summed E-state index contributed by atoms with van der Waals surface area (Å²) in [4.78, 5) is 27.5. The number of aliphatic hydroxyl groups excluding tert-OH is 1. The number of amides is 2. The summed E-state index contributed by atoms with van der Waals surface area (Å²) < 4.78 is 0. The number of carbonyl (C=O) groups excluding carboxylic acids is 2. The van der Waals surface area contributed by atoms with E-state index < -0.39 is 12.0 Å². The highest BCUT2D eigenvalue weighted by Gasteiger charge is 2.34. The molecule has 1 aromatic carbocycles. The first-order valence-corrected chi connectivity index (χ1v) is 7.89. The van der Waals surface area contributed by atoms with E-state index in [0.29, 0.717) is 25.9 Å². The number of nitrogens with zero attached hydrogens (tertiary/aromatic N) is 2. The number of rotatable bonds is 5. The van der Waals surface area contributed by atoms with Gasteiger partial charge < -0.3 is 15.7 Å². The van der Waals surface area contributed by atoms with E-state index in [9.17, 15) is 14.7 Å². The molecule has 1 aliphatic heterocycles. The number of hydrogen-bond donors (Lipinski definition) is 2. The van der Waals surface area contributed by atoms with Gasteiger partial charge in [0, 0.05) is 14.1 Å². The first-order chi connectivity index (χ1) is 10.9. The Morgan fingerprint density at radius 2 is 1.78 bits per heavy atom. The number of carbonyl (C=O) groups is 2. The molecule has 1 heterocycles. The Morgan fingerprint density at radius 1 is 1.22 bits per heavy atom. The van der Waals surface area contributed by atoms with E-state index in [0.717, 1.165) is 5.56 Å². The molecule has 0 saturated carbocycles. The van der Waals surface area contributed by atoms with E-state index in [1.54, 1.807) is 19.0 Å². The van der Waals surface area contributed by atoms with Crippen LogP contribution in [0.4, 0.5) is 0 Å². The molecule has 0 bridgehead atoms. The Kier molecular flexibility index (Phi) is 5.74. The number of piperidine rings is 1. The fourth-order valence-corrected chi connectivity index (χ4v) is 3.12. The zero-order valence-corrected chi connectivity index (χ0v) is 13.7. The van der Waals surface area contributed by atoms with Crippen LogP contribution in [0.5, 0.6) is 0 Å². The van der Waals surface area contributed by atoms with Gasteiger partial charge in [0.15, 0.2) is 0 Å². The molecule has 1 fully saturated rings. The third-order valence-electron chi connectivity index (χ3n) is 4.47. The van der Waals surface area contributed by atoms with Crippen LogP contribution in [0.3, 0.4) is 0 Å². The van der Waals surface area contributed by atoms with Crippen molar-refractivity contribution in [2.24, 2.45) is 11.7 Å². The first kappa shape index (κ1) is 17.4. The lowest BCUT2D eigenvalue weighted by Crippen LogP contribution is -2.47. The summed E-state index contributed by atoms with van der Waals surface area (Å²) >= 11 is 0. The van der Waals surface area contributed by atoms with E-state index >= 15 is 0 Å². The van der Waals surface area contributed by atoms with Crippen LogP contribution < -0.4 is 5.73 Å². The van der Waals surface area contributed by atoms with Gasteiger partial charge in [0.1, 0.15) is 12.1 Å². The zero-order chi connectivity index (χ0) is 17.0. The van der Waals surface area contributed by atoms with Gasteiger partial charge in [0.2, 0.25) is 11.8 Å². The molecule has 0 aromatic heterocycles. The van der Waals surface area contributed by atoms with E-state index in [4.69, 9.17) is 5.73 Å². The summed E-state index contributed by atoms with van der Waals surface area (Å²) in [5.41, 5.74) is 6.14. The van der Waals surface area contributed by atoms with Crippen molar-refractivity contribution < 1.29 is 14.7 Å². The number of likely N-dealkylation sites (N-methyl/N-ethyl adjacent to an activating group) is 1. The normalized spacial score (nSPS) is 19.1. The number of aliphatic hydroxyl groups is 1. The van der Waals surface area contributed by atoms with Crippen LogP contribution in [0.2, 0.25) is 0 Å². The van der Waals surface area contributed by atoms with Crippen LogP contribution in [0.25, 0.3) is 0 Å². The molecule has 2 atom stereocenters. The Morgan fingerprint density at radius 3 is 2.26 bits per heavy atom. The Labute approximate surface area is 136 Å². The lowest BCUT2D eigenvalue weighted by atomic mass is 9.89. The van der Waals surface area contributed by atoms with Crippen molar-refractivity contribution in [1.29, 1.82) is 0 Å². The molecule has 0 radical (unpaired) electrons. The smallest absolute Gasteiger partial charge is 0.246 e. The monoisotopic (exact) mass is 319 g/mol. The van der Waals surface area contributed by atoms with Crippen LogP contribution >= 0.6 is 0 Å². The maximum atomic E-state index is 12.6. The largest absolute Gasteiger partial charge is 0.383 e. The summed E-state index contributed by atoms with van der Waals surface area (Å²) in [5, 5.41) is 9.82. The lowest BCUT2D eigenvalue weighted by molar-refractivity contribution is -0.137. The summed E-state index contributed by atoms with van der Waals surface area (Å²) in [6.07, 6.45) is 0.194. The number of likely N-dealkylation sites (tertiary alicyclic amines) is 1. The van der Waals surface area contributed by atoms with Crippen LogP contribution in [-0.4, -0.2) is 60.0 Å². The van der Waals surface area contributed by atoms with E-state index in [1.807, 2.05) is 30.3 Å². The average Bonchev–Trinajstić information content (AvgIpc) is 2.55. The molecule has 6 heteroatoms. The maximum Gasteiger partial charge on any atom is 0.246 e. The molecule has 0 unspecified atom stereocenters. The molecule has 3 N–H and O–H groups in total. The lowest BCUT2D eigenvalue weighted by Gasteiger charge is -2.38. The third kappa shape index (κ3) is 4.09. The fourth-order valence-electron chi connectivity index (χ4n) is 3.12. The summed E-state index contributed by atoms with van der Waals surface area (Å²) in [6.45, 7) is 1.29. The molecule has 1 aliphatic rings. The number of primary amides is 1. The van der Waals surface area contributed by atoms with Gasteiger partial charge in [-0.1, -0.05) is 30.3 Å². The van der Waals surface area contributed by atoms with Crippen LogP contribution in [-0.2, 0) is 9.59 Å². The van der Waals surface area contributed by atoms with E-state index in [2.05, 4.69) is 4.90 Å². The second-order valence-corrected chi connectivity index (χ2v) is 6.27. The van der Waals surface area contributed by atoms with Crippen molar-refractivity contribution in [3.8, 4) is 0 Å². The van der Waals surface area contributed by atoms with E-state index in [1.165, 1.54) is 0 Å². The summed E-state index contributed by atoms with van der Waals surface area (Å²) in [6, 6.07) is 9.35. The van der Waals surface area contributed by atoms with Gasteiger partial charge in [-0.25, -0.2) is 0 Å². The first-order valence-electron chi connectivity index (χ1n) is 7.89. The average molecular weight is 319 g/mol. The van der Waals surface area contributed by atoms with Crippen molar-refractivity contribution in [3.63, 3.8) is 0 Å². The summed E-state index contributed by atoms with van der Waals surface area (Å²) in [5.74, 6) is -0.771. The number of hydrogen-bond acceptors (Lipinski definition) is 4. The maximum absolute atomic E-state index is 12.6. The molecule has 2 rings (SSSR count). The predicted octanol–water partition coefficient (Wildman–Crippen LogP) is 0.374. The Bertz CT molecular complexity index is 539. The quantitative estimate of drug-likeness (QED) is 0.821. The molecule has 2 amide bonds. The Balaban J connectivity index is 2.13. The summed E-state index contributed by atoms with van der Waals surface area (Å²) in [7, 11) is 3.50. The minimum absolute atomic E-state index is 0.0325. The molecular weight excluding hydrogens is 294 g/mol. The molecule has 0 aliphatic carbocycles. The van der Waals surface area contributed by atoms with Gasteiger partial charge in [-0.2, -0.15) is 0 Å². The van der Waals surface area contributed by atoms with Crippen LogP contribution in [0, 0.1) is 5.92 Å². The number of benzene rings is 1. The topological polar surface area (TPSA) is 86.9 Å². The van der Waals surface area contributed by atoms with Gasteiger partial charge >= 0.3 is 0 Å². The van der Waals surface area contributed by atoms with Gasteiger partial charge in [0.25, 0.3) is 0 Å². The van der Waals surface area contributed by atoms with Gasteiger partial charge in [-0.05, 0) is 37.4 Å². The molecule has 126 valence electrons. The second-order valence-electron chi connectivity index (χ2n) is 6.27.